The molecule has 1 N–H and O–H groups in total. The molecule has 6 heteroatoms. The van der Waals surface area contributed by atoms with Crippen molar-refractivity contribution < 1.29 is 9.91 Å². The summed E-state index contributed by atoms with van der Waals surface area (Å²) in [7, 11) is 0. The number of nitrogens with one attached hydrogen (secondary N) is 1. The molecule has 0 aromatic carbocycles. The van der Waals surface area contributed by atoms with Crippen molar-refractivity contribution in [3.05, 3.63) is 63.2 Å². The number of pyridine rings is 2. The zero-order valence-electron chi connectivity index (χ0n) is 8.16. The summed E-state index contributed by atoms with van der Waals surface area (Å²) in [6, 6.07) is 7.57. The Hall–Kier alpha value is -2.50. The van der Waals surface area contributed by atoms with E-state index in [-0.39, 0.29) is 11.2 Å². The van der Waals surface area contributed by atoms with Crippen LogP contribution < -0.4 is 10.5 Å². The van der Waals surface area contributed by atoms with E-state index in [2.05, 4.69) is 4.98 Å². The van der Waals surface area contributed by atoms with E-state index in [0.717, 1.165) is 0 Å². The number of aromatic nitrogens is 2. The normalized spacial score (nSPS) is 10.0. The minimum atomic E-state index is -0.506. The number of rotatable bonds is 2. The fourth-order valence-corrected chi connectivity index (χ4v) is 1.30. The molecule has 2 aromatic heterocycles. The molecule has 0 spiro atoms. The minimum absolute atomic E-state index is 0.0484. The lowest BCUT2D eigenvalue weighted by Crippen LogP contribution is -2.23. The highest BCUT2D eigenvalue weighted by molar-refractivity contribution is 5.28. The molecule has 80 valence electrons. The lowest BCUT2D eigenvalue weighted by Gasteiger charge is -1.95. The Bertz CT molecular complexity index is 574. The van der Waals surface area contributed by atoms with Crippen molar-refractivity contribution in [2.45, 2.75) is 0 Å². The van der Waals surface area contributed by atoms with Gasteiger partial charge in [0.1, 0.15) is 0 Å². The average molecular weight is 218 g/mol. The summed E-state index contributed by atoms with van der Waals surface area (Å²) in [5, 5.41) is 10.4. The monoisotopic (exact) mass is 218 g/mol. The summed E-state index contributed by atoms with van der Waals surface area (Å²) in [6.45, 7) is 0. The zero-order valence-corrected chi connectivity index (χ0v) is 8.16. The molecular weight excluding hydrogens is 210 g/mol. The fourth-order valence-electron chi connectivity index (χ4n) is 1.30. The third-order valence-electron chi connectivity index (χ3n) is 2.07. The van der Waals surface area contributed by atoms with Gasteiger partial charge in [-0.25, -0.2) is 9.78 Å². The van der Waals surface area contributed by atoms with Crippen LogP contribution in [0.5, 0.6) is 0 Å². The lowest BCUT2D eigenvalue weighted by molar-refractivity contribution is -0.418. The Balaban J connectivity index is 2.47. The molecule has 0 aliphatic heterocycles. The van der Waals surface area contributed by atoms with E-state index in [0.29, 0.717) is 5.82 Å². The van der Waals surface area contributed by atoms with E-state index in [9.17, 15) is 14.9 Å². The van der Waals surface area contributed by atoms with Crippen LogP contribution in [0.15, 0.2) is 47.5 Å². The first kappa shape index (κ1) is 10.0. The van der Waals surface area contributed by atoms with Crippen molar-refractivity contribution >= 4 is 5.69 Å². The summed E-state index contributed by atoms with van der Waals surface area (Å²) < 4.78 is 1.36. The second-order valence-corrected chi connectivity index (χ2v) is 3.10. The van der Waals surface area contributed by atoms with Crippen LogP contribution in [-0.2, 0) is 0 Å². The Morgan fingerprint density at radius 3 is 2.62 bits per heavy atom. The van der Waals surface area contributed by atoms with Gasteiger partial charge in [-0.15, -0.1) is 0 Å². The van der Waals surface area contributed by atoms with Crippen molar-refractivity contribution in [3.63, 3.8) is 0 Å². The van der Waals surface area contributed by atoms with Crippen LogP contribution in [-0.4, -0.2) is 9.49 Å². The van der Waals surface area contributed by atoms with Gasteiger partial charge in [-0.05, 0) is 6.07 Å². The third-order valence-corrected chi connectivity index (χ3v) is 2.07. The smallest absolute Gasteiger partial charge is 0.258 e. The van der Waals surface area contributed by atoms with Gasteiger partial charge in [0, 0.05) is 18.2 Å². The van der Waals surface area contributed by atoms with Gasteiger partial charge in [-0.1, -0.05) is 6.07 Å². The molecule has 0 unspecified atom stereocenters. The van der Waals surface area contributed by atoms with E-state index >= 15 is 0 Å². The number of hydrogen-bond acceptors (Lipinski definition) is 3. The minimum Gasteiger partial charge on any atom is -0.258 e. The average Bonchev–Trinajstić information content (AvgIpc) is 2.30. The molecule has 0 amide bonds. The third kappa shape index (κ3) is 1.81. The number of hydrogen-bond donors (Lipinski definition) is 0. The van der Waals surface area contributed by atoms with Gasteiger partial charge in [0.15, 0.2) is 6.20 Å². The van der Waals surface area contributed by atoms with Crippen LogP contribution in [0.2, 0.25) is 0 Å². The maximum Gasteiger partial charge on any atom is 0.338 e. The van der Waals surface area contributed by atoms with Crippen LogP contribution in [0, 0.1) is 10.1 Å². The number of nitrogens with zero attached hydrogens (tertiary/aromatic N) is 2. The van der Waals surface area contributed by atoms with Crippen LogP contribution in [0.1, 0.15) is 0 Å². The maximum absolute atomic E-state index is 11.4. The van der Waals surface area contributed by atoms with Gasteiger partial charge in [-0.3, -0.25) is 10.1 Å². The highest BCUT2D eigenvalue weighted by atomic mass is 16.6. The SMILES string of the molecule is O=c1ccccn1-c1ccc([N+](=O)[O-])c[nH+]1. The van der Waals surface area contributed by atoms with Gasteiger partial charge in [0.2, 0.25) is 0 Å². The Labute approximate surface area is 90.0 Å². The molecule has 16 heavy (non-hydrogen) atoms. The second-order valence-electron chi connectivity index (χ2n) is 3.10. The van der Waals surface area contributed by atoms with Gasteiger partial charge in [-0.2, -0.15) is 4.57 Å². The predicted octanol–water partition coefficient (Wildman–Crippen LogP) is 0.560. The molecule has 0 bridgehead atoms. The molecule has 0 atom stereocenters. The first-order chi connectivity index (χ1) is 7.68. The summed E-state index contributed by atoms with van der Waals surface area (Å²) in [5.41, 5.74) is -0.250. The Morgan fingerprint density at radius 2 is 2.06 bits per heavy atom. The lowest BCUT2D eigenvalue weighted by atomic mass is 10.4. The molecule has 0 saturated carbocycles. The number of H-pyrrole nitrogens is 1. The topological polar surface area (TPSA) is 79.3 Å². The van der Waals surface area contributed by atoms with Crippen LogP contribution >= 0.6 is 0 Å². The highest BCUT2D eigenvalue weighted by Gasteiger charge is 2.11. The van der Waals surface area contributed by atoms with Crippen LogP contribution in [0.4, 0.5) is 5.69 Å². The van der Waals surface area contributed by atoms with E-state index in [1.54, 1.807) is 18.3 Å². The van der Waals surface area contributed by atoms with Crippen molar-refractivity contribution in [1.29, 1.82) is 0 Å². The Morgan fingerprint density at radius 1 is 1.25 bits per heavy atom. The number of nitro groups is 1. The molecule has 0 fully saturated rings. The fraction of sp³-hybridized carbons (Fsp3) is 0. The molecule has 2 aromatic rings. The quantitative estimate of drug-likeness (QED) is 0.545. The van der Waals surface area contributed by atoms with E-state index < -0.39 is 4.92 Å². The van der Waals surface area contributed by atoms with Crippen LogP contribution in [0.3, 0.4) is 0 Å². The van der Waals surface area contributed by atoms with Crippen molar-refractivity contribution in [2.75, 3.05) is 0 Å². The molecule has 0 aliphatic carbocycles. The van der Waals surface area contributed by atoms with E-state index in [1.807, 2.05) is 0 Å². The molecule has 2 rings (SSSR count). The van der Waals surface area contributed by atoms with E-state index in [4.69, 9.17) is 0 Å². The molecule has 2 heterocycles. The number of aromatic amines is 1. The van der Waals surface area contributed by atoms with Crippen LogP contribution in [0.25, 0.3) is 5.82 Å². The van der Waals surface area contributed by atoms with Gasteiger partial charge >= 0.3 is 11.2 Å². The first-order valence-electron chi connectivity index (χ1n) is 4.53. The maximum atomic E-state index is 11.4. The Kier molecular flexibility index (Phi) is 2.47. The molecule has 6 nitrogen and oxygen atoms in total. The standard InChI is InChI=1S/C10H7N3O3/c14-10-3-1-2-6-12(10)9-5-4-8(7-11-9)13(15)16/h1-7H/p+1. The molecule has 0 saturated heterocycles. The predicted molar refractivity (Wildman–Crippen MR) is 55.2 cm³/mol. The zero-order chi connectivity index (χ0) is 11.5. The molecular formula is C10H8N3O3+. The summed E-state index contributed by atoms with van der Waals surface area (Å²) in [4.78, 5) is 24.1. The molecule has 0 radical (unpaired) electrons. The van der Waals surface area contributed by atoms with Crippen molar-refractivity contribution in [2.24, 2.45) is 0 Å². The summed E-state index contributed by atoms with van der Waals surface area (Å²) >= 11 is 0. The van der Waals surface area contributed by atoms with Gasteiger partial charge in [0.25, 0.3) is 5.82 Å². The highest BCUT2D eigenvalue weighted by Crippen LogP contribution is 2.07. The van der Waals surface area contributed by atoms with Gasteiger partial charge in [0.05, 0.1) is 11.1 Å². The summed E-state index contributed by atoms with van der Waals surface area (Å²) in [5.74, 6) is 0.483. The van der Waals surface area contributed by atoms with Gasteiger partial charge < -0.3 is 0 Å². The molecule has 0 aliphatic rings. The first-order valence-corrected chi connectivity index (χ1v) is 4.53. The van der Waals surface area contributed by atoms with Crippen molar-refractivity contribution in [1.82, 2.24) is 4.57 Å². The summed E-state index contributed by atoms with van der Waals surface area (Å²) in [6.07, 6.45) is 2.83. The van der Waals surface area contributed by atoms with E-state index in [1.165, 1.54) is 29.0 Å². The second kappa shape index (κ2) is 3.93. The van der Waals surface area contributed by atoms with Crippen molar-refractivity contribution in [3.8, 4) is 5.82 Å². The largest absolute Gasteiger partial charge is 0.338 e.